The molecule has 0 radical (unpaired) electrons. The van der Waals surface area contributed by atoms with Crippen molar-refractivity contribution in [3.05, 3.63) is 36.0 Å². The summed E-state index contributed by atoms with van der Waals surface area (Å²) in [7, 11) is 0. The Morgan fingerprint density at radius 2 is 1.39 bits per heavy atom. The number of rotatable bonds is 35. The number of likely N-dealkylation sites (tertiary alicyclic amines) is 1. The van der Waals surface area contributed by atoms with E-state index in [0.29, 0.717) is 63.2 Å². The number of allylic oxidation sites excluding steroid dienone is 5. The predicted molar refractivity (Wildman–Crippen MR) is 270 cm³/mol. The number of fused-ring (bicyclic) bond motifs is 5. The summed E-state index contributed by atoms with van der Waals surface area (Å²) < 4.78 is 30.8. The highest BCUT2D eigenvalue weighted by atomic mass is 16.6. The van der Waals surface area contributed by atoms with Crippen LogP contribution in [-0.4, -0.2) is 89.6 Å². The Morgan fingerprint density at radius 3 is 2.14 bits per heavy atom. The van der Waals surface area contributed by atoms with Crippen LogP contribution in [0.15, 0.2) is 36.0 Å². The normalized spacial score (nSPS) is 29.4. The molecule has 0 amide bonds. The molecule has 9 atom stereocenters. The fourth-order valence-electron chi connectivity index (χ4n) is 13.5. The molecule has 370 valence electrons. The molecule has 0 aromatic heterocycles. The van der Waals surface area contributed by atoms with Gasteiger partial charge >= 0.3 is 0 Å². The average molecular weight is 894 g/mol. The molecule has 3 saturated carbocycles. The van der Waals surface area contributed by atoms with Crippen LogP contribution in [0.25, 0.3) is 0 Å². The lowest BCUT2D eigenvalue weighted by atomic mass is 9.47. The van der Waals surface area contributed by atoms with E-state index in [4.69, 9.17) is 23.7 Å². The van der Waals surface area contributed by atoms with Crippen molar-refractivity contribution in [3.8, 4) is 0 Å². The van der Waals surface area contributed by atoms with Gasteiger partial charge < -0.3 is 28.6 Å². The van der Waals surface area contributed by atoms with Gasteiger partial charge in [0, 0.05) is 13.2 Å². The zero-order chi connectivity index (χ0) is 45.3. The molecule has 6 nitrogen and oxygen atoms in total. The fourth-order valence-corrected chi connectivity index (χ4v) is 13.5. The molecule has 0 aromatic carbocycles. The zero-order valence-electron chi connectivity index (χ0n) is 42.9. The van der Waals surface area contributed by atoms with Gasteiger partial charge in [-0.1, -0.05) is 135 Å². The van der Waals surface area contributed by atoms with Gasteiger partial charge in [-0.25, -0.2) is 0 Å². The van der Waals surface area contributed by atoms with Crippen molar-refractivity contribution in [1.29, 1.82) is 0 Å². The topological polar surface area (TPSA) is 49.4 Å². The number of nitrogens with zero attached hydrogens (tertiary/aromatic N) is 1. The molecule has 1 saturated heterocycles. The molecule has 5 aliphatic rings. The van der Waals surface area contributed by atoms with Gasteiger partial charge in [0.15, 0.2) is 0 Å². The van der Waals surface area contributed by atoms with Crippen LogP contribution in [0, 0.1) is 46.3 Å². The van der Waals surface area contributed by atoms with Crippen LogP contribution < -0.4 is 0 Å². The molecule has 64 heavy (non-hydrogen) atoms. The molecule has 1 aliphatic heterocycles. The summed E-state index contributed by atoms with van der Waals surface area (Å²) in [5.74, 6) is 5.35. The maximum absolute atomic E-state index is 6.46. The first-order chi connectivity index (χ1) is 31.2. The highest BCUT2D eigenvalue weighted by Crippen LogP contribution is 2.67. The SMILES string of the molecule is CCCCC/C=C\C/C=C\CCCCCCCCOCC(CN1CCCC1)OCCOCCOCCO[C@H]1CC[C@@]2(C)C(=CC[C@H]3[C@@H]4CC[C@H]([C@H](C)CCCC(C)C)[C@@]4(C)CC[C@@H]32)C1. The minimum Gasteiger partial charge on any atom is -0.379 e. The first kappa shape index (κ1) is 53.9. The van der Waals surface area contributed by atoms with Crippen LogP contribution in [0.2, 0.25) is 0 Å². The molecule has 6 heteroatoms. The van der Waals surface area contributed by atoms with Gasteiger partial charge in [-0.05, 0) is 162 Å². The lowest BCUT2D eigenvalue weighted by Gasteiger charge is -2.58. The molecule has 1 unspecified atom stereocenters. The maximum Gasteiger partial charge on any atom is 0.0936 e. The van der Waals surface area contributed by atoms with Crippen LogP contribution in [0.3, 0.4) is 0 Å². The van der Waals surface area contributed by atoms with Crippen molar-refractivity contribution in [1.82, 2.24) is 4.90 Å². The molecule has 1 heterocycles. The first-order valence-corrected chi connectivity index (χ1v) is 27.9. The second-order valence-corrected chi connectivity index (χ2v) is 22.4. The molecule has 0 bridgehead atoms. The monoisotopic (exact) mass is 894 g/mol. The van der Waals surface area contributed by atoms with E-state index in [1.807, 2.05) is 0 Å². The van der Waals surface area contributed by atoms with Crippen LogP contribution in [-0.2, 0) is 23.7 Å². The second-order valence-electron chi connectivity index (χ2n) is 22.4. The summed E-state index contributed by atoms with van der Waals surface area (Å²) in [6, 6.07) is 0. The minimum atomic E-state index is 0.111. The second kappa shape index (κ2) is 30.5. The Hall–Kier alpha value is -1.02. The van der Waals surface area contributed by atoms with Crippen molar-refractivity contribution < 1.29 is 23.7 Å². The van der Waals surface area contributed by atoms with Gasteiger partial charge in [0.2, 0.25) is 0 Å². The lowest BCUT2D eigenvalue weighted by molar-refractivity contribution is -0.0705. The highest BCUT2D eigenvalue weighted by molar-refractivity contribution is 5.25. The largest absolute Gasteiger partial charge is 0.379 e. The van der Waals surface area contributed by atoms with E-state index in [9.17, 15) is 0 Å². The van der Waals surface area contributed by atoms with Gasteiger partial charge in [-0.2, -0.15) is 0 Å². The third-order valence-electron chi connectivity index (χ3n) is 17.2. The van der Waals surface area contributed by atoms with E-state index in [1.165, 1.54) is 154 Å². The van der Waals surface area contributed by atoms with Gasteiger partial charge in [0.1, 0.15) is 0 Å². The number of hydrogen-bond acceptors (Lipinski definition) is 6. The molecule has 5 rings (SSSR count). The molecular weight excluding hydrogens is 791 g/mol. The Morgan fingerprint density at radius 1 is 0.688 bits per heavy atom. The molecule has 0 N–H and O–H groups in total. The highest BCUT2D eigenvalue weighted by Gasteiger charge is 2.59. The summed E-state index contributed by atoms with van der Waals surface area (Å²) in [4.78, 5) is 2.53. The molecule has 0 aromatic rings. The molecular formula is C58H103NO5. The van der Waals surface area contributed by atoms with Gasteiger partial charge in [0.05, 0.1) is 58.5 Å². The van der Waals surface area contributed by atoms with Gasteiger partial charge in [-0.3, -0.25) is 0 Å². The van der Waals surface area contributed by atoms with E-state index < -0.39 is 0 Å². The van der Waals surface area contributed by atoms with Gasteiger partial charge in [-0.15, -0.1) is 0 Å². The summed E-state index contributed by atoms with van der Waals surface area (Å²) in [6.07, 6.45) is 45.4. The van der Waals surface area contributed by atoms with Crippen LogP contribution >= 0.6 is 0 Å². The van der Waals surface area contributed by atoms with Gasteiger partial charge in [0.25, 0.3) is 0 Å². The summed E-state index contributed by atoms with van der Waals surface area (Å²) >= 11 is 0. The van der Waals surface area contributed by atoms with Crippen LogP contribution in [0.1, 0.15) is 202 Å². The quantitative estimate of drug-likeness (QED) is 0.0467. The number of ether oxygens (including phenoxy) is 5. The number of hydrogen-bond donors (Lipinski definition) is 0. The Kier molecular flexibility index (Phi) is 25.7. The van der Waals surface area contributed by atoms with Crippen LogP contribution in [0.4, 0.5) is 0 Å². The molecule has 4 aliphatic carbocycles. The van der Waals surface area contributed by atoms with Crippen molar-refractivity contribution in [2.75, 3.05) is 72.5 Å². The van der Waals surface area contributed by atoms with E-state index in [2.05, 4.69) is 76.8 Å². The van der Waals surface area contributed by atoms with E-state index in [0.717, 1.165) is 67.9 Å². The van der Waals surface area contributed by atoms with Crippen molar-refractivity contribution >= 4 is 0 Å². The molecule has 0 spiro atoms. The third kappa shape index (κ3) is 17.8. The zero-order valence-corrected chi connectivity index (χ0v) is 42.9. The van der Waals surface area contributed by atoms with E-state index >= 15 is 0 Å². The van der Waals surface area contributed by atoms with Crippen molar-refractivity contribution in [2.45, 2.75) is 214 Å². The fraction of sp³-hybridized carbons (Fsp3) is 0.897. The number of unbranched alkanes of at least 4 members (excludes halogenated alkanes) is 9. The summed E-state index contributed by atoms with van der Waals surface area (Å²) in [5, 5.41) is 0. The minimum absolute atomic E-state index is 0.111. The standard InChI is InChI=1S/C58H103NO5/c1-7-8-9-10-11-12-13-14-15-16-17-18-19-20-21-24-38-62-47-52(46-59-36-22-23-37-59)64-44-42-61-40-39-60-41-43-63-51-32-34-57(5)50(45-51)28-29-53-55-31-30-54(49(4)27-25-26-48(2)3)58(55,6)35-33-56(53)57/h11-12,14-15,28,48-49,51-56H,7-10,13,16-27,29-47H2,1-6H3/b12-11-,15-14-/t49-,51+,52?,53+,54-,55+,56+,57+,58-/m1/s1. The van der Waals surface area contributed by atoms with E-state index in [-0.39, 0.29) is 6.10 Å². The average Bonchev–Trinajstić information content (AvgIpc) is 3.93. The smallest absolute Gasteiger partial charge is 0.0936 e. The first-order valence-electron chi connectivity index (χ1n) is 27.9. The molecule has 4 fully saturated rings. The summed E-state index contributed by atoms with van der Waals surface area (Å²) in [5.41, 5.74) is 2.67. The van der Waals surface area contributed by atoms with Crippen molar-refractivity contribution in [2.24, 2.45) is 46.3 Å². The lowest BCUT2D eigenvalue weighted by Crippen LogP contribution is -2.51. The van der Waals surface area contributed by atoms with Crippen LogP contribution in [0.5, 0.6) is 0 Å². The third-order valence-corrected chi connectivity index (χ3v) is 17.2. The van der Waals surface area contributed by atoms with Crippen molar-refractivity contribution in [3.63, 3.8) is 0 Å². The maximum atomic E-state index is 6.46. The Bertz CT molecular complexity index is 1310. The Balaban J connectivity index is 0.862. The summed E-state index contributed by atoms with van der Waals surface area (Å²) in [6.45, 7) is 23.6. The predicted octanol–water partition coefficient (Wildman–Crippen LogP) is 14.8. The Labute approximate surface area is 396 Å². The van der Waals surface area contributed by atoms with E-state index in [1.54, 1.807) is 5.57 Å².